The molecule has 0 amide bonds. The maximum atomic E-state index is 12.6. The van der Waals surface area contributed by atoms with Gasteiger partial charge in [0.1, 0.15) is 0 Å². The predicted molar refractivity (Wildman–Crippen MR) is 68.6 cm³/mol. The van der Waals surface area contributed by atoms with Gasteiger partial charge in [0.2, 0.25) is 0 Å². The van der Waals surface area contributed by atoms with Crippen molar-refractivity contribution in [2.45, 2.75) is 25.2 Å². The first-order valence-corrected chi connectivity index (χ1v) is 6.33. The van der Waals surface area contributed by atoms with Crippen LogP contribution in [0.3, 0.4) is 0 Å². The lowest BCUT2D eigenvalue weighted by atomic mass is 10.0. The maximum absolute atomic E-state index is 12.6. The van der Waals surface area contributed by atoms with Crippen LogP contribution in [0.4, 0.5) is 13.2 Å². The molecule has 19 heavy (non-hydrogen) atoms. The van der Waals surface area contributed by atoms with E-state index < -0.39 is 17.3 Å². The first-order chi connectivity index (χ1) is 8.70. The van der Waals surface area contributed by atoms with Gasteiger partial charge < -0.3 is 15.5 Å². The average molecular weight is 342 g/mol. The van der Waals surface area contributed by atoms with Crippen LogP contribution in [0, 0.1) is 0 Å². The van der Waals surface area contributed by atoms with Crippen molar-refractivity contribution in [1.82, 2.24) is 5.32 Å². The third-order valence-corrected chi connectivity index (χ3v) is 3.16. The van der Waals surface area contributed by atoms with Crippen molar-refractivity contribution in [2.75, 3.05) is 13.2 Å². The molecule has 0 heterocycles. The lowest BCUT2D eigenvalue weighted by molar-refractivity contribution is -0.137. The smallest absolute Gasteiger partial charge is 0.394 e. The van der Waals surface area contributed by atoms with Gasteiger partial charge in [-0.2, -0.15) is 13.2 Å². The van der Waals surface area contributed by atoms with Crippen molar-refractivity contribution >= 4 is 15.9 Å². The van der Waals surface area contributed by atoms with Crippen molar-refractivity contribution < 1.29 is 23.4 Å². The second kappa shape index (κ2) is 6.21. The number of rotatable bonds is 5. The number of aliphatic hydroxyl groups excluding tert-OH is 2. The molecule has 108 valence electrons. The summed E-state index contributed by atoms with van der Waals surface area (Å²) in [5.74, 6) is 0. The summed E-state index contributed by atoms with van der Waals surface area (Å²) in [4.78, 5) is 0. The molecule has 0 aliphatic rings. The van der Waals surface area contributed by atoms with Gasteiger partial charge in [-0.3, -0.25) is 0 Å². The van der Waals surface area contributed by atoms with E-state index in [-0.39, 0.29) is 19.8 Å². The molecule has 1 aromatic carbocycles. The summed E-state index contributed by atoms with van der Waals surface area (Å²) >= 11 is 3.03. The zero-order valence-electron chi connectivity index (χ0n) is 10.3. The molecule has 3 N–H and O–H groups in total. The quantitative estimate of drug-likeness (QED) is 0.770. The second-order valence-corrected chi connectivity index (χ2v) is 5.49. The molecular weight excluding hydrogens is 327 g/mol. The largest absolute Gasteiger partial charge is 0.416 e. The molecule has 0 atom stereocenters. The van der Waals surface area contributed by atoms with Gasteiger partial charge in [-0.25, -0.2) is 0 Å². The summed E-state index contributed by atoms with van der Waals surface area (Å²) in [6, 6.07) is 3.59. The summed E-state index contributed by atoms with van der Waals surface area (Å²) < 4.78 is 38.2. The summed E-state index contributed by atoms with van der Waals surface area (Å²) in [6.07, 6.45) is -4.41. The Bertz CT molecular complexity index is 433. The Morgan fingerprint density at radius 2 is 1.74 bits per heavy atom. The normalized spacial score (nSPS) is 12.8. The van der Waals surface area contributed by atoms with E-state index in [0.29, 0.717) is 10.0 Å². The van der Waals surface area contributed by atoms with Crippen molar-refractivity contribution in [3.63, 3.8) is 0 Å². The highest BCUT2D eigenvalue weighted by molar-refractivity contribution is 9.10. The fourth-order valence-electron chi connectivity index (χ4n) is 1.39. The predicted octanol–water partition coefficient (Wildman–Crippen LogP) is 2.30. The molecule has 0 aromatic heterocycles. The fraction of sp³-hybridized carbons (Fsp3) is 0.500. The van der Waals surface area contributed by atoms with Gasteiger partial charge in [0.05, 0.1) is 24.3 Å². The number of benzene rings is 1. The Labute approximate surface area is 117 Å². The summed E-state index contributed by atoms with van der Waals surface area (Å²) in [5.41, 5.74) is -1.26. The van der Waals surface area contributed by atoms with Crippen LogP contribution < -0.4 is 5.32 Å². The molecule has 0 spiro atoms. The van der Waals surface area contributed by atoms with Crippen molar-refractivity contribution in [1.29, 1.82) is 0 Å². The van der Waals surface area contributed by atoms with E-state index in [9.17, 15) is 13.2 Å². The van der Waals surface area contributed by atoms with E-state index in [1.807, 2.05) is 0 Å². The van der Waals surface area contributed by atoms with Crippen LogP contribution in [0.5, 0.6) is 0 Å². The Balaban J connectivity index is 2.88. The van der Waals surface area contributed by atoms with Gasteiger partial charge in [0, 0.05) is 11.0 Å². The Morgan fingerprint density at radius 3 is 2.21 bits per heavy atom. The van der Waals surface area contributed by atoms with E-state index in [0.717, 1.165) is 12.1 Å². The number of halogens is 4. The number of hydrogen-bond acceptors (Lipinski definition) is 3. The minimum absolute atomic E-state index is 0.111. The molecule has 0 radical (unpaired) electrons. The van der Waals surface area contributed by atoms with E-state index >= 15 is 0 Å². The molecule has 1 aromatic rings. The highest BCUT2D eigenvalue weighted by Crippen LogP contribution is 2.32. The molecule has 0 aliphatic heterocycles. The summed E-state index contributed by atoms with van der Waals surface area (Å²) in [7, 11) is 0. The summed E-state index contributed by atoms with van der Waals surface area (Å²) in [6.45, 7) is 1.06. The van der Waals surface area contributed by atoms with Gasteiger partial charge in [0.15, 0.2) is 0 Å². The number of aliphatic hydroxyl groups is 2. The molecule has 0 aliphatic carbocycles. The van der Waals surface area contributed by atoms with E-state index in [1.165, 1.54) is 0 Å². The van der Waals surface area contributed by atoms with Gasteiger partial charge >= 0.3 is 6.18 Å². The zero-order chi connectivity index (χ0) is 14.7. The van der Waals surface area contributed by atoms with Crippen LogP contribution in [-0.4, -0.2) is 29.0 Å². The van der Waals surface area contributed by atoms with Crippen molar-refractivity contribution in [2.24, 2.45) is 0 Å². The minimum atomic E-state index is -4.41. The third kappa shape index (κ3) is 4.76. The Morgan fingerprint density at radius 1 is 1.16 bits per heavy atom. The van der Waals surface area contributed by atoms with Crippen LogP contribution in [0.15, 0.2) is 22.7 Å². The molecule has 3 nitrogen and oxygen atoms in total. The summed E-state index contributed by atoms with van der Waals surface area (Å²) in [5, 5.41) is 21.0. The molecule has 0 saturated heterocycles. The molecule has 0 fully saturated rings. The molecule has 1 rings (SSSR count). The number of nitrogens with one attached hydrogen (secondary N) is 1. The second-order valence-electron chi connectivity index (χ2n) is 4.58. The van der Waals surface area contributed by atoms with Crippen LogP contribution in [-0.2, 0) is 12.7 Å². The highest BCUT2D eigenvalue weighted by Gasteiger charge is 2.31. The monoisotopic (exact) mass is 341 g/mol. The molecule has 0 saturated carbocycles. The highest BCUT2D eigenvalue weighted by atomic mass is 79.9. The molecule has 7 heteroatoms. The molecular formula is C12H15BrF3NO2. The van der Waals surface area contributed by atoms with E-state index in [2.05, 4.69) is 21.2 Å². The average Bonchev–Trinajstić information content (AvgIpc) is 2.34. The number of hydrogen-bond donors (Lipinski definition) is 3. The van der Waals surface area contributed by atoms with Crippen molar-refractivity contribution in [3.05, 3.63) is 33.8 Å². The minimum Gasteiger partial charge on any atom is -0.394 e. The van der Waals surface area contributed by atoms with Gasteiger partial charge in [-0.1, -0.05) is 15.9 Å². The van der Waals surface area contributed by atoms with Crippen molar-refractivity contribution in [3.8, 4) is 0 Å². The number of alkyl halides is 3. The van der Waals surface area contributed by atoms with Crippen LogP contribution >= 0.6 is 15.9 Å². The van der Waals surface area contributed by atoms with Crippen LogP contribution in [0.2, 0.25) is 0 Å². The van der Waals surface area contributed by atoms with E-state index in [4.69, 9.17) is 10.2 Å². The van der Waals surface area contributed by atoms with Crippen LogP contribution in [0.25, 0.3) is 0 Å². The van der Waals surface area contributed by atoms with E-state index in [1.54, 1.807) is 13.0 Å². The fourth-order valence-corrected chi connectivity index (χ4v) is 1.93. The molecule has 0 unspecified atom stereocenters. The SMILES string of the molecule is CC(CO)(CO)NCc1cc(Br)cc(C(F)(F)F)c1. The standard InChI is InChI=1S/C12H15BrF3NO2/c1-11(6-18,7-19)17-5-8-2-9(12(14,15)16)4-10(13)3-8/h2-4,17-19H,5-7H2,1H3. The van der Waals surface area contributed by atoms with Crippen LogP contribution in [0.1, 0.15) is 18.1 Å². The van der Waals surface area contributed by atoms with Gasteiger partial charge in [-0.05, 0) is 30.7 Å². The Hall–Kier alpha value is -0.630. The maximum Gasteiger partial charge on any atom is 0.416 e. The topological polar surface area (TPSA) is 52.5 Å². The lowest BCUT2D eigenvalue weighted by Gasteiger charge is -2.26. The lowest BCUT2D eigenvalue weighted by Crippen LogP contribution is -2.48. The first-order valence-electron chi connectivity index (χ1n) is 5.53. The van der Waals surface area contributed by atoms with Gasteiger partial charge in [-0.15, -0.1) is 0 Å². The first kappa shape index (κ1) is 16.4. The Kier molecular flexibility index (Phi) is 5.37. The zero-order valence-corrected chi connectivity index (χ0v) is 11.8. The third-order valence-electron chi connectivity index (χ3n) is 2.70. The van der Waals surface area contributed by atoms with Gasteiger partial charge in [0.25, 0.3) is 0 Å². The molecule has 0 bridgehead atoms.